The van der Waals surface area contributed by atoms with Crippen molar-refractivity contribution in [3.63, 3.8) is 0 Å². The summed E-state index contributed by atoms with van der Waals surface area (Å²) in [4.78, 5) is 13.8. The van der Waals surface area contributed by atoms with Crippen molar-refractivity contribution >= 4 is 5.91 Å². The van der Waals surface area contributed by atoms with Crippen LogP contribution < -0.4 is 5.32 Å². The smallest absolute Gasteiger partial charge is 0.222 e. The molecule has 0 radical (unpaired) electrons. The van der Waals surface area contributed by atoms with E-state index in [-0.39, 0.29) is 11.7 Å². The number of carbonyl (C=O) groups excluding carboxylic acids is 1. The molecule has 1 aliphatic heterocycles. The number of nitrogens with zero attached hydrogens (tertiary/aromatic N) is 1. The number of carbonyl (C=O) groups is 1. The second kappa shape index (κ2) is 7.39. The van der Waals surface area contributed by atoms with E-state index < -0.39 is 0 Å². The van der Waals surface area contributed by atoms with Crippen LogP contribution in [0.25, 0.3) is 0 Å². The molecule has 1 atom stereocenters. The fourth-order valence-corrected chi connectivity index (χ4v) is 2.69. The van der Waals surface area contributed by atoms with Gasteiger partial charge in [-0.05, 0) is 56.0 Å². The zero-order valence-electron chi connectivity index (χ0n) is 12.1. The lowest BCUT2D eigenvalue weighted by Gasteiger charge is -2.23. The number of benzene rings is 1. The first-order valence-electron chi connectivity index (χ1n) is 7.34. The maximum Gasteiger partial charge on any atom is 0.222 e. The molecule has 0 saturated carbocycles. The largest absolute Gasteiger partial charge is 0.341 e. The molecule has 1 heterocycles. The molecule has 1 aromatic carbocycles. The van der Waals surface area contributed by atoms with Gasteiger partial charge in [0.2, 0.25) is 5.91 Å². The molecule has 2 rings (SSSR count). The molecule has 110 valence electrons. The highest BCUT2D eigenvalue weighted by molar-refractivity contribution is 5.75. The minimum atomic E-state index is -0.253. The zero-order chi connectivity index (χ0) is 14.4. The summed E-state index contributed by atoms with van der Waals surface area (Å²) in [7, 11) is 1.78. The Balaban J connectivity index is 1.76. The third-order valence-corrected chi connectivity index (χ3v) is 3.90. The lowest BCUT2D eigenvalue weighted by molar-refractivity contribution is -0.130. The molecule has 4 heteroatoms. The van der Waals surface area contributed by atoms with Crippen molar-refractivity contribution < 1.29 is 9.18 Å². The normalized spacial score (nSPS) is 18.8. The van der Waals surface area contributed by atoms with Crippen LogP contribution in [0.1, 0.15) is 31.2 Å². The highest BCUT2D eigenvalue weighted by atomic mass is 19.1. The Morgan fingerprint density at radius 1 is 1.50 bits per heavy atom. The van der Waals surface area contributed by atoms with E-state index in [0.29, 0.717) is 18.9 Å². The van der Waals surface area contributed by atoms with Crippen LogP contribution in [0.2, 0.25) is 0 Å². The maximum absolute atomic E-state index is 13.1. The van der Waals surface area contributed by atoms with Crippen molar-refractivity contribution in [2.75, 3.05) is 20.1 Å². The first-order chi connectivity index (χ1) is 9.65. The van der Waals surface area contributed by atoms with Crippen molar-refractivity contribution in [1.82, 2.24) is 10.2 Å². The molecule has 1 aromatic rings. The van der Waals surface area contributed by atoms with Crippen molar-refractivity contribution in [3.8, 4) is 0 Å². The minimum Gasteiger partial charge on any atom is -0.341 e. The van der Waals surface area contributed by atoms with Crippen molar-refractivity contribution in [2.24, 2.45) is 5.92 Å². The number of amides is 1. The summed E-state index contributed by atoms with van der Waals surface area (Å²) >= 11 is 0. The SMILES string of the molecule is CN(Cc1cccc(F)c1)C(=O)CCC1CCCNC1. The highest BCUT2D eigenvalue weighted by Gasteiger charge is 2.16. The van der Waals surface area contributed by atoms with Crippen molar-refractivity contribution in [3.05, 3.63) is 35.6 Å². The average Bonchev–Trinajstić information content (AvgIpc) is 2.46. The third-order valence-electron chi connectivity index (χ3n) is 3.90. The van der Waals surface area contributed by atoms with Crippen LogP contribution in [0, 0.1) is 11.7 Å². The molecule has 1 fully saturated rings. The summed E-state index contributed by atoms with van der Waals surface area (Å²) in [6.07, 6.45) is 3.95. The van der Waals surface area contributed by atoms with E-state index in [1.807, 2.05) is 6.07 Å². The standard InChI is InChI=1S/C16H23FN2O/c1-19(12-14-4-2-6-15(17)10-14)16(20)8-7-13-5-3-9-18-11-13/h2,4,6,10,13,18H,3,5,7-9,11-12H2,1H3. The van der Waals surface area contributed by atoms with E-state index in [1.165, 1.54) is 25.0 Å². The number of piperidine rings is 1. The molecule has 1 amide bonds. The molecular weight excluding hydrogens is 255 g/mol. The van der Waals surface area contributed by atoms with E-state index in [1.54, 1.807) is 18.0 Å². The molecule has 0 bridgehead atoms. The van der Waals surface area contributed by atoms with Gasteiger partial charge in [0.1, 0.15) is 5.82 Å². The van der Waals surface area contributed by atoms with Crippen LogP contribution >= 0.6 is 0 Å². The molecular formula is C16H23FN2O. The number of hydrogen-bond donors (Lipinski definition) is 1. The second-order valence-corrected chi connectivity index (χ2v) is 5.63. The van der Waals surface area contributed by atoms with Gasteiger partial charge in [0.25, 0.3) is 0 Å². The van der Waals surface area contributed by atoms with Crippen LogP contribution in [0.4, 0.5) is 4.39 Å². The number of rotatable bonds is 5. The van der Waals surface area contributed by atoms with Gasteiger partial charge in [-0.2, -0.15) is 0 Å². The topological polar surface area (TPSA) is 32.3 Å². The predicted octanol–water partition coefficient (Wildman–Crippen LogP) is 2.56. The van der Waals surface area contributed by atoms with Crippen LogP contribution in [-0.4, -0.2) is 30.9 Å². The Hall–Kier alpha value is -1.42. The lowest BCUT2D eigenvalue weighted by Crippen LogP contribution is -2.31. The first-order valence-corrected chi connectivity index (χ1v) is 7.34. The molecule has 1 saturated heterocycles. The van der Waals surface area contributed by atoms with Crippen LogP contribution in [-0.2, 0) is 11.3 Å². The quantitative estimate of drug-likeness (QED) is 0.898. The molecule has 1 aliphatic rings. The van der Waals surface area contributed by atoms with Gasteiger partial charge in [-0.3, -0.25) is 4.79 Å². The molecule has 0 spiro atoms. The monoisotopic (exact) mass is 278 g/mol. The average molecular weight is 278 g/mol. The van der Waals surface area contributed by atoms with E-state index in [0.717, 1.165) is 25.1 Å². The summed E-state index contributed by atoms with van der Waals surface area (Å²) in [6, 6.07) is 6.42. The summed E-state index contributed by atoms with van der Waals surface area (Å²) < 4.78 is 13.1. The van der Waals surface area contributed by atoms with Gasteiger partial charge in [-0.15, -0.1) is 0 Å². The van der Waals surface area contributed by atoms with Gasteiger partial charge in [-0.25, -0.2) is 4.39 Å². The number of halogens is 1. The minimum absolute atomic E-state index is 0.139. The Bertz CT molecular complexity index is 444. The van der Waals surface area contributed by atoms with Gasteiger partial charge in [0.15, 0.2) is 0 Å². The van der Waals surface area contributed by atoms with Crippen LogP contribution in [0.5, 0.6) is 0 Å². The molecule has 20 heavy (non-hydrogen) atoms. The Morgan fingerprint density at radius 3 is 3.05 bits per heavy atom. The van der Waals surface area contributed by atoms with Gasteiger partial charge in [0, 0.05) is 20.0 Å². The van der Waals surface area contributed by atoms with Gasteiger partial charge < -0.3 is 10.2 Å². The van der Waals surface area contributed by atoms with E-state index in [2.05, 4.69) is 5.32 Å². The summed E-state index contributed by atoms with van der Waals surface area (Å²) in [5, 5.41) is 3.37. The van der Waals surface area contributed by atoms with Crippen LogP contribution in [0.3, 0.4) is 0 Å². The van der Waals surface area contributed by atoms with Crippen molar-refractivity contribution in [1.29, 1.82) is 0 Å². The predicted molar refractivity (Wildman–Crippen MR) is 77.7 cm³/mol. The van der Waals surface area contributed by atoms with E-state index in [9.17, 15) is 9.18 Å². The van der Waals surface area contributed by atoms with Gasteiger partial charge >= 0.3 is 0 Å². The Morgan fingerprint density at radius 2 is 2.35 bits per heavy atom. The fourth-order valence-electron chi connectivity index (χ4n) is 2.69. The van der Waals surface area contributed by atoms with Gasteiger partial charge in [0.05, 0.1) is 0 Å². The summed E-state index contributed by atoms with van der Waals surface area (Å²) in [5.74, 6) is 0.506. The molecule has 0 aromatic heterocycles. The Labute approximate surface area is 120 Å². The molecule has 1 N–H and O–H groups in total. The number of hydrogen-bond acceptors (Lipinski definition) is 2. The van der Waals surface area contributed by atoms with Gasteiger partial charge in [-0.1, -0.05) is 12.1 Å². The fraction of sp³-hybridized carbons (Fsp3) is 0.562. The maximum atomic E-state index is 13.1. The number of nitrogens with one attached hydrogen (secondary N) is 1. The molecule has 1 unspecified atom stereocenters. The van der Waals surface area contributed by atoms with Crippen molar-refractivity contribution in [2.45, 2.75) is 32.2 Å². The molecule has 0 aliphatic carbocycles. The van der Waals surface area contributed by atoms with E-state index in [4.69, 9.17) is 0 Å². The molecule has 3 nitrogen and oxygen atoms in total. The van der Waals surface area contributed by atoms with Crippen LogP contribution in [0.15, 0.2) is 24.3 Å². The first kappa shape index (κ1) is 15.0. The highest BCUT2D eigenvalue weighted by Crippen LogP contribution is 2.17. The summed E-state index contributed by atoms with van der Waals surface area (Å²) in [6.45, 7) is 2.60. The third kappa shape index (κ3) is 4.60. The second-order valence-electron chi connectivity index (χ2n) is 5.63. The Kier molecular flexibility index (Phi) is 5.53. The lowest BCUT2D eigenvalue weighted by atomic mass is 9.94. The van der Waals surface area contributed by atoms with E-state index >= 15 is 0 Å². The zero-order valence-corrected chi connectivity index (χ0v) is 12.1. The summed E-state index contributed by atoms with van der Waals surface area (Å²) in [5.41, 5.74) is 0.834.